The summed E-state index contributed by atoms with van der Waals surface area (Å²) in [6, 6.07) is 30.5. The van der Waals surface area contributed by atoms with Crippen LogP contribution in [0.4, 0.5) is 5.69 Å². The third kappa shape index (κ3) is 4.64. The van der Waals surface area contributed by atoms with Gasteiger partial charge in [-0.3, -0.25) is 15.0 Å². The SMILES string of the molecule is Cc1ccc(NN2C(=O)[C@@H]3C[C@@H]4C(=CCn5c(=O)n(C)c(=O)n54)[C@H](c4ccc(OCc5ccccc5)cc4O)[C@]3(c3ccccc3)C2=O)cc1. The van der Waals surface area contributed by atoms with E-state index in [0.717, 1.165) is 20.7 Å². The van der Waals surface area contributed by atoms with Crippen molar-refractivity contribution < 1.29 is 19.4 Å². The number of imide groups is 1. The van der Waals surface area contributed by atoms with Gasteiger partial charge in [0.25, 0.3) is 11.8 Å². The van der Waals surface area contributed by atoms with Crippen LogP contribution in [0.5, 0.6) is 11.5 Å². The summed E-state index contributed by atoms with van der Waals surface area (Å²) in [5, 5.41) is 12.9. The fourth-order valence-corrected chi connectivity index (χ4v) is 8.06. The third-order valence-electron chi connectivity index (χ3n) is 10.4. The number of benzene rings is 4. The number of amides is 2. The van der Waals surface area contributed by atoms with E-state index in [9.17, 15) is 19.5 Å². The van der Waals surface area contributed by atoms with Crippen LogP contribution in [-0.4, -0.2) is 35.9 Å². The monoisotopic (exact) mass is 669 g/mol. The van der Waals surface area contributed by atoms with Crippen LogP contribution in [0.15, 0.2) is 124 Å². The number of anilines is 1. The topological polar surface area (TPSA) is 128 Å². The van der Waals surface area contributed by atoms with Gasteiger partial charge < -0.3 is 9.84 Å². The highest BCUT2D eigenvalue weighted by Gasteiger charge is 2.69. The molecule has 2 amide bonds. The molecule has 1 saturated heterocycles. The molecule has 0 unspecified atom stereocenters. The van der Waals surface area contributed by atoms with Gasteiger partial charge in [-0.2, -0.15) is 5.01 Å². The standard InChI is InChI=1S/C39H35N5O6/c1-24-13-15-27(16-14-24)40-43-35(46)31-22-32-29(19-20-42-37(48)41(2)38(49)44(32)42)34(39(31,36(43)47)26-11-7-4-8-12-26)30-18-17-28(21-33(30)45)50-23-25-9-5-3-6-10-25/h3-19,21,31-32,34,40,45H,20,22-23H2,1-2H3/t31-,32+,34+,39+/m0/s1. The van der Waals surface area contributed by atoms with Crippen LogP contribution in [0.3, 0.4) is 0 Å². The number of phenolic OH excluding ortho intramolecular Hbond substituents is 1. The van der Waals surface area contributed by atoms with E-state index >= 15 is 4.79 Å². The Morgan fingerprint density at radius 2 is 1.58 bits per heavy atom. The number of allylic oxidation sites excluding steroid dienone is 2. The first-order chi connectivity index (χ1) is 24.2. The Labute approximate surface area is 287 Å². The first-order valence-electron chi connectivity index (χ1n) is 16.5. The van der Waals surface area contributed by atoms with Crippen molar-refractivity contribution >= 4 is 17.5 Å². The Morgan fingerprint density at radius 3 is 2.28 bits per heavy atom. The minimum atomic E-state index is -1.51. The molecule has 8 rings (SSSR count). The first kappa shape index (κ1) is 31.2. The maximum Gasteiger partial charge on any atom is 0.347 e. The smallest absolute Gasteiger partial charge is 0.347 e. The fraction of sp³-hybridized carbons (Fsp3) is 0.231. The maximum atomic E-state index is 15.2. The number of rotatable bonds is 7. The number of hydrogen-bond acceptors (Lipinski definition) is 7. The number of aromatic hydroxyl groups is 1. The number of hydrazine groups is 1. The van der Waals surface area contributed by atoms with Gasteiger partial charge in [-0.25, -0.2) is 23.5 Å². The number of carbonyl (C=O) groups is 2. The number of phenols is 1. The molecule has 2 N–H and O–H groups in total. The van der Waals surface area contributed by atoms with Crippen molar-refractivity contribution in [2.24, 2.45) is 13.0 Å². The van der Waals surface area contributed by atoms with Gasteiger partial charge in [-0.1, -0.05) is 90.5 Å². The van der Waals surface area contributed by atoms with Gasteiger partial charge in [0.15, 0.2) is 0 Å². The molecule has 3 heterocycles. The van der Waals surface area contributed by atoms with Crippen molar-refractivity contribution in [2.75, 3.05) is 5.43 Å². The summed E-state index contributed by atoms with van der Waals surface area (Å²) in [6.45, 7) is 2.32. The summed E-state index contributed by atoms with van der Waals surface area (Å²) in [7, 11) is 1.43. The largest absolute Gasteiger partial charge is 0.508 e. The lowest BCUT2D eigenvalue weighted by molar-refractivity contribution is -0.138. The van der Waals surface area contributed by atoms with Crippen LogP contribution in [0.25, 0.3) is 0 Å². The lowest BCUT2D eigenvalue weighted by atomic mass is 9.53. The van der Waals surface area contributed by atoms with Gasteiger partial charge in [0.2, 0.25) is 0 Å². The highest BCUT2D eigenvalue weighted by Crippen LogP contribution is 2.62. The van der Waals surface area contributed by atoms with E-state index in [1.165, 1.54) is 22.5 Å². The fourth-order valence-electron chi connectivity index (χ4n) is 8.06. The Hall–Kier alpha value is -6.10. The molecule has 0 bridgehead atoms. The summed E-state index contributed by atoms with van der Waals surface area (Å²) in [5.74, 6) is -2.50. The molecule has 1 aliphatic carbocycles. The molecule has 3 aliphatic rings. The average Bonchev–Trinajstić information content (AvgIpc) is 3.49. The zero-order valence-corrected chi connectivity index (χ0v) is 27.5. The number of carbonyl (C=O) groups excluding carboxylic acids is 2. The quantitative estimate of drug-likeness (QED) is 0.192. The second-order valence-electron chi connectivity index (χ2n) is 13.2. The molecule has 0 spiro atoms. The molecule has 11 nitrogen and oxygen atoms in total. The number of aromatic nitrogens is 3. The first-order valence-corrected chi connectivity index (χ1v) is 16.5. The molecule has 252 valence electrons. The lowest BCUT2D eigenvalue weighted by Gasteiger charge is -2.49. The number of aryl methyl sites for hydroxylation is 1. The van der Waals surface area contributed by atoms with Gasteiger partial charge in [-0.15, -0.1) is 0 Å². The zero-order chi connectivity index (χ0) is 34.7. The van der Waals surface area contributed by atoms with Crippen LogP contribution in [-0.2, 0) is 35.2 Å². The number of ether oxygens (including phenoxy) is 1. The maximum absolute atomic E-state index is 15.2. The van der Waals surface area contributed by atoms with Crippen molar-refractivity contribution in [3.05, 3.63) is 158 Å². The van der Waals surface area contributed by atoms with E-state index in [1.807, 2.05) is 85.8 Å². The normalized spacial score (nSPS) is 22.4. The lowest BCUT2D eigenvalue weighted by Crippen LogP contribution is -2.53. The van der Waals surface area contributed by atoms with E-state index in [2.05, 4.69) is 5.43 Å². The van der Waals surface area contributed by atoms with Crippen LogP contribution >= 0.6 is 0 Å². The zero-order valence-electron chi connectivity index (χ0n) is 27.5. The van der Waals surface area contributed by atoms with E-state index in [0.29, 0.717) is 28.1 Å². The van der Waals surface area contributed by atoms with Crippen LogP contribution in [0.2, 0.25) is 0 Å². The van der Waals surface area contributed by atoms with Crippen molar-refractivity contribution in [1.82, 2.24) is 18.9 Å². The number of hydrogen-bond donors (Lipinski definition) is 2. The third-order valence-corrected chi connectivity index (χ3v) is 10.4. The Kier molecular flexibility index (Phi) is 7.36. The van der Waals surface area contributed by atoms with E-state index in [1.54, 1.807) is 24.3 Å². The highest BCUT2D eigenvalue weighted by atomic mass is 16.5. The van der Waals surface area contributed by atoms with Gasteiger partial charge in [0, 0.05) is 24.6 Å². The second-order valence-corrected chi connectivity index (χ2v) is 13.2. The minimum Gasteiger partial charge on any atom is -0.508 e. The Bertz CT molecular complexity index is 2290. The van der Waals surface area contributed by atoms with Gasteiger partial charge in [0.1, 0.15) is 18.1 Å². The van der Waals surface area contributed by atoms with Crippen LogP contribution in [0.1, 0.15) is 40.6 Å². The molecule has 2 fully saturated rings. The molecule has 11 heteroatoms. The summed E-state index contributed by atoms with van der Waals surface area (Å²) < 4.78 is 9.85. The molecular formula is C39H35N5O6. The molecule has 4 atom stereocenters. The average molecular weight is 670 g/mol. The molecule has 0 radical (unpaired) electrons. The summed E-state index contributed by atoms with van der Waals surface area (Å²) in [4.78, 5) is 56.5. The number of nitrogens with one attached hydrogen (secondary N) is 1. The van der Waals surface area contributed by atoms with Gasteiger partial charge >= 0.3 is 11.4 Å². The van der Waals surface area contributed by atoms with Gasteiger partial charge in [0.05, 0.1) is 29.6 Å². The predicted molar refractivity (Wildman–Crippen MR) is 186 cm³/mol. The van der Waals surface area contributed by atoms with Crippen molar-refractivity contribution in [3.63, 3.8) is 0 Å². The minimum absolute atomic E-state index is 0.0796. The molecular weight excluding hydrogens is 634 g/mol. The Morgan fingerprint density at radius 1 is 0.880 bits per heavy atom. The van der Waals surface area contributed by atoms with Crippen LogP contribution < -0.4 is 21.5 Å². The number of nitrogens with zero attached hydrogens (tertiary/aromatic N) is 4. The van der Waals surface area contributed by atoms with Crippen LogP contribution in [0, 0.1) is 12.8 Å². The molecule has 4 aromatic carbocycles. The Balaban J connectivity index is 1.32. The summed E-state index contributed by atoms with van der Waals surface area (Å²) in [5.41, 5.74) is 4.79. The molecule has 2 aliphatic heterocycles. The van der Waals surface area contributed by atoms with E-state index in [-0.39, 0.29) is 25.3 Å². The highest BCUT2D eigenvalue weighted by molar-refractivity contribution is 6.12. The van der Waals surface area contributed by atoms with Crippen molar-refractivity contribution in [2.45, 2.75) is 43.9 Å². The van der Waals surface area contributed by atoms with E-state index < -0.39 is 46.5 Å². The van der Waals surface area contributed by atoms with Crippen molar-refractivity contribution in [3.8, 4) is 11.5 Å². The predicted octanol–water partition coefficient (Wildman–Crippen LogP) is 4.56. The van der Waals surface area contributed by atoms with E-state index in [4.69, 9.17) is 4.74 Å². The second kappa shape index (κ2) is 11.8. The molecule has 1 saturated carbocycles. The molecule has 1 aromatic heterocycles. The van der Waals surface area contributed by atoms with Crippen molar-refractivity contribution in [1.29, 1.82) is 0 Å². The molecule has 5 aromatic rings. The molecule has 50 heavy (non-hydrogen) atoms. The van der Waals surface area contributed by atoms with Gasteiger partial charge in [-0.05, 0) is 48.2 Å². The number of fused-ring (bicyclic) bond motifs is 4. The summed E-state index contributed by atoms with van der Waals surface area (Å²) in [6.07, 6.45) is 1.94. The summed E-state index contributed by atoms with van der Waals surface area (Å²) >= 11 is 0.